The first-order valence-electron chi connectivity index (χ1n) is 5.45. The number of hydrogen-bond donors (Lipinski definition) is 2. The zero-order chi connectivity index (χ0) is 13.7. The number of nitrogens with one attached hydrogen (secondary N) is 1. The van der Waals surface area contributed by atoms with Crippen molar-refractivity contribution in [2.75, 3.05) is 26.4 Å². The molecule has 0 radical (unpaired) electrons. The molecule has 0 unspecified atom stereocenters. The Bertz CT molecular complexity index is 461. The molecule has 2 amide bonds. The molecule has 0 aliphatic heterocycles. The van der Waals surface area contributed by atoms with E-state index in [1.54, 1.807) is 14.1 Å². The summed E-state index contributed by atoms with van der Waals surface area (Å²) in [6.45, 7) is 0.215. The molecule has 0 saturated carbocycles. The van der Waals surface area contributed by atoms with E-state index in [4.69, 9.17) is 5.73 Å². The summed E-state index contributed by atoms with van der Waals surface area (Å²) in [6.07, 6.45) is 0.208. The van der Waals surface area contributed by atoms with Gasteiger partial charge >= 0.3 is 0 Å². The van der Waals surface area contributed by atoms with Crippen LogP contribution in [0, 0.1) is 5.82 Å². The number of halogens is 1. The van der Waals surface area contributed by atoms with Crippen molar-refractivity contribution in [3.05, 3.63) is 29.6 Å². The summed E-state index contributed by atoms with van der Waals surface area (Å²) < 4.78 is 12.8. The number of benzene rings is 1. The number of anilines is 1. The molecule has 5 nitrogen and oxygen atoms in total. The summed E-state index contributed by atoms with van der Waals surface area (Å²) in [5.41, 5.74) is 5.80. The number of amides is 2. The quantitative estimate of drug-likeness (QED) is 0.772. The highest BCUT2D eigenvalue weighted by molar-refractivity contribution is 5.99. The fraction of sp³-hybridized carbons (Fsp3) is 0.333. The van der Waals surface area contributed by atoms with Crippen LogP contribution in [0.3, 0.4) is 0 Å². The van der Waals surface area contributed by atoms with E-state index in [2.05, 4.69) is 5.32 Å². The second-order valence-electron chi connectivity index (χ2n) is 4.03. The highest BCUT2D eigenvalue weighted by atomic mass is 19.1. The van der Waals surface area contributed by atoms with E-state index >= 15 is 0 Å². The lowest BCUT2D eigenvalue weighted by Gasteiger charge is -2.11. The SMILES string of the molecule is CN(C)C(=O)CCNC(=O)c1ccc(F)cc1N. The van der Waals surface area contributed by atoms with E-state index in [9.17, 15) is 14.0 Å². The van der Waals surface area contributed by atoms with Crippen LogP contribution in [-0.2, 0) is 4.79 Å². The molecule has 0 aromatic heterocycles. The highest BCUT2D eigenvalue weighted by Crippen LogP contribution is 2.12. The van der Waals surface area contributed by atoms with Gasteiger partial charge in [0.25, 0.3) is 5.91 Å². The highest BCUT2D eigenvalue weighted by Gasteiger charge is 2.11. The second-order valence-corrected chi connectivity index (χ2v) is 4.03. The van der Waals surface area contributed by atoms with Gasteiger partial charge in [-0.3, -0.25) is 9.59 Å². The Kier molecular flexibility index (Phi) is 4.65. The smallest absolute Gasteiger partial charge is 0.253 e. The number of carbonyl (C=O) groups excluding carboxylic acids is 2. The van der Waals surface area contributed by atoms with Gasteiger partial charge in [-0.25, -0.2) is 4.39 Å². The number of carbonyl (C=O) groups is 2. The van der Waals surface area contributed by atoms with Crippen molar-refractivity contribution in [1.82, 2.24) is 10.2 Å². The summed E-state index contributed by atoms with van der Waals surface area (Å²) >= 11 is 0. The van der Waals surface area contributed by atoms with E-state index < -0.39 is 11.7 Å². The maximum Gasteiger partial charge on any atom is 0.253 e. The van der Waals surface area contributed by atoms with E-state index in [1.165, 1.54) is 11.0 Å². The van der Waals surface area contributed by atoms with Crippen LogP contribution < -0.4 is 11.1 Å². The van der Waals surface area contributed by atoms with Crippen molar-refractivity contribution in [3.63, 3.8) is 0 Å². The fourth-order valence-corrected chi connectivity index (χ4v) is 1.34. The van der Waals surface area contributed by atoms with Crippen LogP contribution in [0.25, 0.3) is 0 Å². The lowest BCUT2D eigenvalue weighted by Crippen LogP contribution is -2.30. The summed E-state index contributed by atoms with van der Waals surface area (Å²) in [5, 5.41) is 2.56. The Hall–Kier alpha value is -2.11. The molecule has 18 heavy (non-hydrogen) atoms. The van der Waals surface area contributed by atoms with Crippen molar-refractivity contribution >= 4 is 17.5 Å². The molecule has 98 valence electrons. The number of nitrogen functional groups attached to an aromatic ring is 1. The topological polar surface area (TPSA) is 75.4 Å². The molecule has 0 saturated heterocycles. The number of hydrogen-bond acceptors (Lipinski definition) is 3. The summed E-state index contributed by atoms with van der Waals surface area (Å²) in [5.74, 6) is -0.992. The van der Waals surface area contributed by atoms with Crippen molar-refractivity contribution in [3.8, 4) is 0 Å². The van der Waals surface area contributed by atoms with E-state index in [0.29, 0.717) is 0 Å². The Morgan fingerprint density at radius 1 is 1.39 bits per heavy atom. The van der Waals surface area contributed by atoms with Gasteiger partial charge in [-0.05, 0) is 18.2 Å². The average molecular weight is 253 g/mol. The minimum absolute atomic E-state index is 0.0754. The Labute approximate surface area is 105 Å². The van der Waals surface area contributed by atoms with Crippen molar-refractivity contribution in [1.29, 1.82) is 0 Å². The Balaban J connectivity index is 2.53. The molecule has 0 bridgehead atoms. The standard InChI is InChI=1S/C12H16FN3O2/c1-16(2)11(17)5-6-15-12(18)9-4-3-8(13)7-10(9)14/h3-4,7H,5-6,14H2,1-2H3,(H,15,18). The molecule has 0 spiro atoms. The first-order valence-corrected chi connectivity index (χ1v) is 5.45. The summed E-state index contributed by atoms with van der Waals surface area (Å²) in [4.78, 5) is 24.4. The Morgan fingerprint density at radius 3 is 2.61 bits per heavy atom. The average Bonchev–Trinajstić information content (AvgIpc) is 2.28. The van der Waals surface area contributed by atoms with Gasteiger partial charge in [0.2, 0.25) is 5.91 Å². The third-order valence-electron chi connectivity index (χ3n) is 2.38. The molecule has 0 aliphatic rings. The molecule has 3 N–H and O–H groups in total. The summed E-state index contributed by atoms with van der Waals surface area (Å²) in [6, 6.07) is 3.56. The van der Waals surface area contributed by atoms with E-state index in [0.717, 1.165) is 12.1 Å². The minimum atomic E-state index is -0.494. The number of nitrogens with zero attached hydrogens (tertiary/aromatic N) is 1. The molecule has 6 heteroatoms. The molecule has 1 aromatic carbocycles. The van der Waals surface area contributed by atoms with Gasteiger partial charge in [0.15, 0.2) is 0 Å². The zero-order valence-corrected chi connectivity index (χ0v) is 10.4. The molecule has 0 atom stereocenters. The van der Waals surface area contributed by atoms with Gasteiger partial charge in [-0.15, -0.1) is 0 Å². The van der Waals surface area contributed by atoms with Crippen LogP contribution >= 0.6 is 0 Å². The molecule has 1 rings (SSSR count). The van der Waals surface area contributed by atoms with Crippen LogP contribution in [0.1, 0.15) is 16.8 Å². The number of rotatable bonds is 4. The van der Waals surface area contributed by atoms with E-state index in [1.807, 2.05) is 0 Å². The fourth-order valence-electron chi connectivity index (χ4n) is 1.34. The molecule has 0 heterocycles. The van der Waals surface area contributed by atoms with Gasteiger partial charge in [0, 0.05) is 32.7 Å². The first kappa shape index (κ1) is 14.0. The number of nitrogens with two attached hydrogens (primary N) is 1. The van der Waals surface area contributed by atoms with Crippen LogP contribution in [0.5, 0.6) is 0 Å². The van der Waals surface area contributed by atoms with Crippen molar-refractivity contribution in [2.24, 2.45) is 0 Å². The predicted octanol–water partition coefficient (Wildman–Crippen LogP) is 0.616. The van der Waals surface area contributed by atoms with Crippen molar-refractivity contribution in [2.45, 2.75) is 6.42 Å². The maximum atomic E-state index is 12.8. The third kappa shape index (κ3) is 3.73. The monoisotopic (exact) mass is 253 g/mol. The van der Waals surface area contributed by atoms with Crippen LogP contribution in [0.15, 0.2) is 18.2 Å². The molecule has 0 fully saturated rings. The molecule has 0 aliphatic carbocycles. The largest absolute Gasteiger partial charge is 0.398 e. The second kappa shape index (κ2) is 6.00. The van der Waals surface area contributed by atoms with E-state index in [-0.39, 0.29) is 30.1 Å². The normalized spacial score (nSPS) is 9.94. The van der Waals surface area contributed by atoms with Crippen molar-refractivity contribution < 1.29 is 14.0 Å². The zero-order valence-electron chi connectivity index (χ0n) is 10.4. The van der Waals surface area contributed by atoms with Crippen LogP contribution in [-0.4, -0.2) is 37.4 Å². The first-order chi connectivity index (χ1) is 8.41. The maximum absolute atomic E-state index is 12.8. The predicted molar refractivity (Wildman–Crippen MR) is 66.5 cm³/mol. The van der Waals surface area contributed by atoms with Gasteiger partial charge in [-0.2, -0.15) is 0 Å². The van der Waals surface area contributed by atoms with Gasteiger partial charge in [0.05, 0.1) is 5.56 Å². The molecular formula is C12H16FN3O2. The van der Waals surface area contributed by atoms with Gasteiger partial charge < -0.3 is 16.0 Å². The summed E-state index contributed by atoms with van der Waals surface area (Å²) in [7, 11) is 3.28. The minimum Gasteiger partial charge on any atom is -0.398 e. The van der Waals surface area contributed by atoms with Crippen LogP contribution in [0.4, 0.5) is 10.1 Å². The lowest BCUT2D eigenvalue weighted by molar-refractivity contribution is -0.128. The third-order valence-corrected chi connectivity index (χ3v) is 2.38. The lowest BCUT2D eigenvalue weighted by atomic mass is 10.1. The molecule has 1 aromatic rings. The Morgan fingerprint density at radius 2 is 2.06 bits per heavy atom. The van der Waals surface area contributed by atoms with Gasteiger partial charge in [-0.1, -0.05) is 0 Å². The van der Waals surface area contributed by atoms with Crippen LogP contribution in [0.2, 0.25) is 0 Å². The molecular weight excluding hydrogens is 237 g/mol. The van der Waals surface area contributed by atoms with Gasteiger partial charge in [0.1, 0.15) is 5.82 Å².